The smallest absolute Gasteiger partial charge is 0.312 e. The number of hydrogen-bond donors (Lipinski definition) is 3. The van der Waals surface area contributed by atoms with Crippen LogP contribution in [0.5, 0.6) is 11.5 Å². The Bertz CT molecular complexity index is 2590. The zero-order chi connectivity index (χ0) is 42.4. The summed E-state index contributed by atoms with van der Waals surface area (Å²) in [6, 6.07) is 20.0. The second kappa shape index (κ2) is 16.6. The molecule has 5 aromatic rings. The highest BCUT2D eigenvalue weighted by atomic mass is 32.2. The first-order valence-corrected chi connectivity index (χ1v) is 23.5. The van der Waals surface area contributed by atoms with Crippen LogP contribution in [0.1, 0.15) is 97.7 Å². The summed E-state index contributed by atoms with van der Waals surface area (Å²) < 4.78 is 41.1. The molecule has 2 saturated carbocycles. The minimum absolute atomic E-state index is 0.0251. The summed E-state index contributed by atoms with van der Waals surface area (Å²) in [7, 11) is -4.60. The minimum Gasteiger partial charge on any atom is -0.455 e. The van der Waals surface area contributed by atoms with Crippen LogP contribution in [-0.4, -0.2) is 84.5 Å². The zero-order valence-corrected chi connectivity index (χ0v) is 35.4. The number of anilines is 2. The highest BCUT2D eigenvalue weighted by Crippen LogP contribution is 2.51. The monoisotopic (exact) mass is 860 g/mol. The van der Waals surface area contributed by atoms with Crippen LogP contribution in [-0.2, 0) is 14.8 Å². The average molecular weight is 861 g/mol. The van der Waals surface area contributed by atoms with E-state index in [9.17, 15) is 23.3 Å². The molecular weight excluding hydrogens is 809 g/mol. The number of likely N-dealkylation sites (tertiary alicyclic amines) is 1. The van der Waals surface area contributed by atoms with Crippen LogP contribution in [0, 0.1) is 21.4 Å². The number of rotatable bonds is 13. The second-order valence-corrected chi connectivity index (χ2v) is 19.6. The van der Waals surface area contributed by atoms with Gasteiger partial charge in [0.1, 0.15) is 22.0 Å². The third-order valence-electron chi connectivity index (χ3n) is 13.9. The Labute approximate surface area is 360 Å². The molecule has 2 aliphatic carbocycles. The first-order valence-electron chi connectivity index (χ1n) is 22.0. The van der Waals surface area contributed by atoms with Crippen LogP contribution in [0.2, 0.25) is 0 Å². The Hall–Kier alpha value is -5.58. The van der Waals surface area contributed by atoms with Crippen molar-refractivity contribution in [3.63, 3.8) is 0 Å². The van der Waals surface area contributed by atoms with Crippen LogP contribution in [0.25, 0.3) is 11.0 Å². The van der Waals surface area contributed by atoms with Gasteiger partial charge in [-0.3, -0.25) is 19.8 Å². The van der Waals surface area contributed by atoms with Crippen LogP contribution >= 0.6 is 0 Å². The van der Waals surface area contributed by atoms with E-state index >= 15 is 0 Å². The number of carbonyl (C=O) groups is 1. The number of aromatic amines is 1. The second-order valence-electron chi connectivity index (χ2n) is 17.9. The van der Waals surface area contributed by atoms with Crippen molar-refractivity contribution in [1.29, 1.82) is 0 Å². The van der Waals surface area contributed by atoms with Gasteiger partial charge in [0, 0.05) is 79.7 Å². The largest absolute Gasteiger partial charge is 0.455 e. The van der Waals surface area contributed by atoms with Gasteiger partial charge in [-0.15, -0.1) is 0 Å². The van der Waals surface area contributed by atoms with Crippen LogP contribution in [0.15, 0.2) is 84.1 Å². The number of ether oxygens (including phenoxy) is 2. The van der Waals surface area contributed by atoms with Crippen molar-refractivity contribution < 1.29 is 27.6 Å². The summed E-state index contributed by atoms with van der Waals surface area (Å²) >= 11 is 0. The standard InChI is InChI=1S/C46H52N8O7S/c55-45(51-62(58,59)36-24-41(54(56)57)44(50-27-36)48-25-30-14-20-60-21-15-30)39-10-9-34(23-42(39)61-35-22-32-13-18-47-43(32)49-26-35)52-28-46(29-52)16-11-33(12-17-46)53-19-3-6-40(53)38-5-2-1-4-37(38)31-7-8-31/h1-2,4-5,9-10,13,18,22-24,26-27,30-31,33,40H,3,6-8,11-12,14-17,19-21,25,28-29H2,(H,47,49)(H,48,50)(H,51,55)/t40-/m1/s1. The zero-order valence-electron chi connectivity index (χ0n) is 34.6. The highest BCUT2D eigenvalue weighted by molar-refractivity contribution is 7.90. The molecule has 2 aromatic carbocycles. The molecule has 1 spiro atoms. The summed E-state index contributed by atoms with van der Waals surface area (Å²) in [5.41, 5.74) is 4.35. The first kappa shape index (κ1) is 40.5. The number of fused-ring (bicyclic) bond motifs is 1. The van der Waals surface area contributed by atoms with Gasteiger partial charge in [-0.05, 0) is 118 Å². The van der Waals surface area contributed by atoms with Crippen LogP contribution in [0.3, 0.4) is 0 Å². The fraction of sp³-hybridized carbons (Fsp3) is 0.457. The average Bonchev–Trinajstić information content (AvgIpc) is 3.81. The Morgan fingerprint density at radius 1 is 0.952 bits per heavy atom. The minimum atomic E-state index is -4.60. The van der Waals surface area contributed by atoms with Gasteiger partial charge in [0.25, 0.3) is 15.9 Å². The topological polar surface area (TPSA) is 185 Å². The number of H-pyrrole nitrogens is 1. The number of nitro groups is 1. The first-order chi connectivity index (χ1) is 30.1. The third-order valence-corrected chi connectivity index (χ3v) is 15.2. The van der Waals surface area contributed by atoms with E-state index in [-0.39, 0.29) is 28.5 Å². The fourth-order valence-corrected chi connectivity index (χ4v) is 11.2. The van der Waals surface area contributed by atoms with Gasteiger partial charge in [0.2, 0.25) is 5.82 Å². The van der Waals surface area contributed by atoms with E-state index in [1.54, 1.807) is 41.7 Å². The summed E-state index contributed by atoms with van der Waals surface area (Å²) in [4.78, 5) is 41.5. The number of amides is 1. The lowest BCUT2D eigenvalue weighted by Crippen LogP contribution is -2.59. The highest BCUT2D eigenvalue weighted by Gasteiger charge is 2.47. The predicted molar refractivity (Wildman–Crippen MR) is 234 cm³/mol. The van der Waals surface area contributed by atoms with E-state index in [0.717, 1.165) is 68.0 Å². The maximum atomic E-state index is 13.9. The number of aromatic nitrogens is 3. The lowest BCUT2D eigenvalue weighted by molar-refractivity contribution is -0.384. The molecule has 3 aliphatic heterocycles. The van der Waals surface area contributed by atoms with Crippen LogP contribution in [0.4, 0.5) is 17.2 Å². The van der Waals surface area contributed by atoms with Crippen molar-refractivity contribution in [2.75, 3.05) is 49.6 Å². The molecular formula is C46H52N8O7S. The van der Waals surface area contributed by atoms with Gasteiger partial charge < -0.3 is 24.7 Å². The van der Waals surface area contributed by atoms with Crippen molar-refractivity contribution in [2.45, 2.75) is 87.1 Å². The van der Waals surface area contributed by atoms with Crippen molar-refractivity contribution in [3.8, 4) is 11.5 Å². The molecule has 1 atom stereocenters. The summed E-state index contributed by atoms with van der Waals surface area (Å²) in [5.74, 6) is 0.510. The molecule has 10 rings (SSSR count). The Morgan fingerprint density at radius 2 is 1.74 bits per heavy atom. The number of carbonyl (C=O) groups excluding carboxylic acids is 1. The molecule has 6 heterocycles. The molecule has 0 radical (unpaired) electrons. The lowest BCUT2D eigenvalue weighted by Gasteiger charge is -2.55. The number of nitrogens with zero attached hydrogens (tertiary/aromatic N) is 5. The van der Waals surface area contributed by atoms with Gasteiger partial charge in [-0.25, -0.2) is 23.1 Å². The number of hydrogen-bond acceptors (Lipinski definition) is 12. The molecule has 5 fully saturated rings. The fourth-order valence-electron chi connectivity index (χ4n) is 10.3. The number of benzene rings is 2. The van der Waals surface area contributed by atoms with Gasteiger partial charge >= 0.3 is 5.69 Å². The van der Waals surface area contributed by atoms with Crippen molar-refractivity contribution in [3.05, 3.63) is 106 Å². The Morgan fingerprint density at radius 3 is 2.52 bits per heavy atom. The molecule has 16 heteroatoms. The molecule has 62 heavy (non-hydrogen) atoms. The molecule has 3 saturated heterocycles. The van der Waals surface area contributed by atoms with E-state index in [2.05, 4.69) is 59.1 Å². The predicted octanol–water partition coefficient (Wildman–Crippen LogP) is 8.08. The van der Waals surface area contributed by atoms with Crippen molar-refractivity contribution in [1.82, 2.24) is 24.6 Å². The molecule has 0 bridgehead atoms. The number of nitrogens with one attached hydrogen (secondary N) is 3. The van der Waals surface area contributed by atoms with Crippen LogP contribution < -0.4 is 19.7 Å². The molecule has 0 unspecified atom stereocenters. The Balaban J connectivity index is 0.840. The van der Waals surface area contributed by atoms with Crippen molar-refractivity contribution in [2.24, 2.45) is 11.3 Å². The Kier molecular flexibility index (Phi) is 10.8. The van der Waals surface area contributed by atoms with Gasteiger partial charge in [-0.1, -0.05) is 24.3 Å². The number of pyridine rings is 2. The maximum absolute atomic E-state index is 13.9. The van der Waals surface area contributed by atoms with E-state index in [1.807, 2.05) is 12.1 Å². The van der Waals surface area contributed by atoms with E-state index in [4.69, 9.17) is 9.47 Å². The van der Waals surface area contributed by atoms with Gasteiger partial charge in [-0.2, -0.15) is 0 Å². The third kappa shape index (κ3) is 8.22. The summed E-state index contributed by atoms with van der Waals surface area (Å²) in [6.45, 7) is 4.60. The quantitative estimate of drug-likeness (QED) is 0.0765. The molecule has 324 valence electrons. The van der Waals surface area contributed by atoms with Gasteiger partial charge in [0.05, 0.1) is 22.9 Å². The van der Waals surface area contributed by atoms with E-state index in [0.29, 0.717) is 43.2 Å². The molecule has 15 nitrogen and oxygen atoms in total. The summed E-state index contributed by atoms with van der Waals surface area (Å²) in [5, 5.41) is 15.9. The normalized spacial score (nSPS) is 20.9. The molecule has 3 N–H and O–H groups in total. The number of sulfonamides is 1. The molecule has 1 amide bonds. The SMILES string of the molecule is O=C(NS(=O)(=O)c1cnc(NCC2CCOCC2)c([N+](=O)[O-])c1)c1ccc(N2CC3(CCC(N4CCC[C@@H]4c4ccccc4C4CC4)CC3)C2)cc1Oc1cnc2[nH]ccc2c1. The summed E-state index contributed by atoms with van der Waals surface area (Å²) in [6.07, 6.45) is 15.7. The van der Waals surface area contributed by atoms with E-state index in [1.165, 1.54) is 45.1 Å². The van der Waals surface area contributed by atoms with Gasteiger partial charge in [0.15, 0.2) is 0 Å². The lowest BCUT2D eigenvalue weighted by atomic mass is 9.67. The molecule has 3 aromatic heterocycles. The molecule has 5 aliphatic rings. The van der Waals surface area contributed by atoms with E-state index < -0.39 is 31.4 Å². The van der Waals surface area contributed by atoms with Crippen molar-refractivity contribution >= 4 is 44.2 Å². The maximum Gasteiger partial charge on any atom is 0.312 e.